The maximum absolute atomic E-state index is 13.0. The highest BCUT2D eigenvalue weighted by atomic mass is 32.1. The number of amides is 2. The van der Waals surface area contributed by atoms with Gasteiger partial charge in [0.2, 0.25) is 0 Å². The molecular formula is C23H33N3O2S2. The molecule has 2 aliphatic rings. The minimum absolute atomic E-state index is 0.0176. The average Bonchev–Trinajstić information content (AvgIpc) is 3.49. The van der Waals surface area contributed by atoms with E-state index in [-0.39, 0.29) is 17.9 Å². The maximum Gasteiger partial charge on any atom is 0.264 e. The molecule has 1 N–H and O–H groups in total. The first kappa shape index (κ1) is 23.0. The van der Waals surface area contributed by atoms with Gasteiger partial charge in [0.15, 0.2) is 0 Å². The average molecular weight is 448 g/mol. The Hall–Kier alpha value is -1.70. The number of hydrogen-bond donors (Lipinski definition) is 1. The van der Waals surface area contributed by atoms with E-state index in [1.807, 2.05) is 30.9 Å². The van der Waals surface area contributed by atoms with Crippen molar-refractivity contribution in [2.24, 2.45) is 0 Å². The monoisotopic (exact) mass is 447 g/mol. The standard InChI is InChI=1S/C21H27N3O2S2.C2H6/c1-3-16-4-5-18(27-16)20(25)22-15-7-11-24(13-15)21(26)19-12-14-6-9-23(2)10-8-17(14)28-19;1-2/h4-5,12,15H,3,6-11,13H2,1-2H3,(H,22,25);1-2H3/t15-;/m1./s1. The first-order valence-corrected chi connectivity index (χ1v) is 12.7. The van der Waals surface area contributed by atoms with Crippen LogP contribution in [0.5, 0.6) is 0 Å². The molecule has 7 heteroatoms. The number of likely N-dealkylation sites (tertiary alicyclic amines) is 1. The lowest BCUT2D eigenvalue weighted by atomic mass is 10.1. The van der Waals surface area contributed by atoms with Crippen LogP contribution in [0.25, 0.3) is 0 Å². The predicted molar refractivity (Wildman–Crippen MR) is 126 cm³/mol. The Morgan fingerprint density at radius 3 is 2.60 bits per heavy atom. The van der Waals surface area contributed by atoms with E-state index in [2.05, 4.69) is 30.3 Å². The van der Waals surface area contributed by atoms with Gasteiger partial charge in [-0.1, -0.05) is 20.8 Å². The highest BCUT2D eigenvalue weighted by Crippen LogP contribution is 2.28. The molecule has 0 unspecified atom stereocenters. The quantitative estimate of drug-likeness (QED) is 0.769. The summed E-state index contributed by atoms with van der Waals surface area (Å²) in [4.78, 5) is 33.9. The third kappa shape index (κ3) is 5.31. The zero-order valence-corrected chi connectivity index (χ0v) is 20.1. The fourth-order valence-electron chi connectivity index (χ4n) is 3.88. The normalized spacial score (nSPS) is 18.9. The van der Waals surface area contributed by atoms with Gasteiger partial charge < -0.3 is 15.1 Å². The number of fused-ring (bicyclic) bond motifs is 1. The van der Waals surface area contributed by atoms with Crippen molar-refractivity contribution in [3.8, 4) is 0 Å². The van der Waals surface area contributed by atoms with Crippen LogP contribution in [0.3, 0.4) is 0 Å². The minimum atomic E-state index is -0.0176. The van der Waals surface area contributed by atoms with Crippen molar-refractivity contribution in [1.29, 1.82) is 0 Å². The van der Waals surface area contributed by atoms with Crippen molar-refractivity contribution in [3.63, 3.8) is 0 Å². The molecular weight excluding hydrogens is 414 g/mol. The molecule has 0 spiro atoms. The number of nitrogens with one attached hydrogen (secondary N) is 1. The van der Waals surface area contributed by atoms with Crippen molar-refractivity contribution in [2.75, 3.05) is 33.2 Å². The van der Waals surface area contributed by atoms with Gasteiger partial charge in [-0.3, -0.25) is 9.59 Å². The van der Waals surface area contributed by atoms with Crippen molar-refractivity contribution in [1.82, 2.24) is 15.1 Å². The zero-order chi connectivity index (χ0) is 21.7. The van der Waals surface area contributed by atoms with Gasteiger partial charge in [-0.25, -0.2) is 0 Å². The largest absolute Gasteiger partial charge is 0.347 e. The number of carbonyl (C=O) groups excluding carboxylic acids is 2. The highest BCUT2D eigenvalue weighted by molar-refractivity contribution is 7.14. The topological polar surface area (TPSA) is 52.7 Å². The summed E-state index contributed by atoms with van der Waals surface area (Å²) in [6.45, 7) is 9.51. The molecule has 2 amide bonds. The number of thiophene rings is 2. The summed E-state index contributed by atoms with van der Waals surface area (Å²) in [5, 5.41) is 3.11. The van der Waals surface area contributed by atoms with Gasteiger partial charge in [-0.05, 0) is 56.5 Å². The van der Waals surface area contributed by atoms with E-state index in [1.54, 1.807) is 22.7 Å². The molecule has 0 saturated carbocycles. The molecule has 0 radical (unpaired) electrons. The first-order valence-electron chi connectivity index (χ1n) is 11.0. The molecule has 4 heterocycles. The molecule has 0 aliphatic carbocycles. The molecule has 2 aliphatic heterocycles. The summed E-state index contributed by atoms with van der Waals surface area (Å²) in [5.74, 6) is 0.100. The van der Waals surface area contributed by atoms with Crippen LogP contribution in [0, 0.1) is 0 Å². The smallest absolute Gasteiger partial charge is 0.264 e. The van der Waals surface area contributed by atoms with Gasteiger partial charge in [-0.2, -0.15) is 0 Å². The van der Waals surface area contributed by atoms with E-state index >= 15 is 0 Å². The third-order valence-corrected chi connectivity index (χ3v) is 8.09. The second-order valence-electron chi connectivity index (χ2n) is 7.69. The number of aryl methyl sites for hydroxylation is 1. The lowest BCUT2D eigenvalue weighted by molar-refractivity contribution is 0.0788. The van der Waals surface area contributed by atoms with Crippen LogP contribution in [-0.4, -0.2) is 60.9 Å². The number of carbonyl (C=O) groups is 2. The Bertz CT molecular complexity index is 848. The van der Waals surface area contributed by atoms with Crippen LogP contribution in [-0.2, 0) is 19.3 Å². The summed E-state index contributed by atoms with van der Waals surface area (Å²) in [6, 6.07) is 6.05. The van der Waals surface area contributed by atoms with Crippen molar-refractivity contribution in [2.45, 2.75) is 52.5 Å². The van der Waals surface area contributed by atoms with Gasteiger partial charge >= 0.3 is 0 Å². The fourth-order valence-corrected chi connectivity index (χ4v) is 5.89. The Balaban J connectivity index is 0.00000124. The molecule has 4 rings (SSSR count). The molecule has 0 aromatic carbocycles. The van der Waals surface area contributed by atoms with Crippen LogP contribution >= 0.6 is 22.7 Å². The van der Waals surface area contributed by atoms with Crippen LogP contribution < -0.4 is 5.32 Å². The summed E-state index contributed by atoms with van der Waals surface area (Å²) < 4.78 is 0. The summed E-state index contributed by atoms with van der Waals surface area (Å²) in [5.41, 5.74) is 1.34. The van der Waals surface area contributed by atoms with Crippen molar-refractivity contribution < 1.29 is 9.59 Å². The fraction of sp³-hybridized carbons (Fsp3) is 0.565. The number of nitrogens with zero attached hydrogens (tertiary/aromatic N) is 2. The van der Waals surface area contributed by atoms with Crippen LogP contribution in [0.2, 0.25) is 0 Å². The Labute approximate surface area is 188 Å². The Kier molecular flexibility index (Phi) is 8.08. The first-order chi connectivity index (χ1) is 14.5. The molecule has 1 atom stereocenters. The molecule has 30 heavy (non-hydrogen) atoms. The minimum Gasteiger partial charge on any atom is -0.347 e. The van der Waals surface area contributed by atoms with E-state index in [9.17, 15) is 9.59 Å². The van der Waals surface area contributed by atoms with Crippen molar-refractivity contribution >= 4 is 34.5 Å². The van der Waals surface area contributed by atoms with E-state index < -0.39 is 0 Å². The van der Waals surface area contributed by atoms with Crippen LogP contribution in [0.4, 0.5) is 0 Å². The van der Waals surface area contributed by atoms with E-state index in [0.29, 0.717) is 13.1 Å². The van der Waals surface area contributed by atoms with Gasteiger partial charge in [-0.15, -0.1) is 22.7 Å². The maximum atomic E-state index is 13.0. The number of rotatable bonds is 4. The SMILES string of the molecule is CC.CCc1ccc(C(=O)N[C@@H]2CCN(C(=O)c3cc4c(s3)CCN(C)CC4)C2)s1. The van der Waals surface area contributed by atoms with Crippen LogP contribution in [0.1, 0.15) is 61.9 Å². The number of likely N-dealkylation sites (N-methyl/N-ethyl adjacent to an activating group) is 1. The third-order valence-electron chi connectivity index (χ3n) is 5.64. The summed E-state index contributed by atoms with van der Waals surface area (Å²) in [6.07, 6.45) is 3.82. The van der Waals surface area contributed by atoms with Gasteiger partial charge in [0.25, 0.3) is 11.8 Å². The number of hydrogen-bond acceptors (Lipinski definition) is 5. The van der Waals surface area contributed by atoms with Gasteiger partial charge in [0.1, 0.15) is 0 Å². The second-order valence-corrected chi connectivity index (χ2v) is 10.00. The van der Waals surface area contributed by atoms with Gasteiger partial charge in [0, 0.05) is 42.0 Å². The zero-order valence-electron chi connectivity index (χ0n) is 18.5. The molecule has 1 saturated heterocycles. The van der Waals surface area contributed by atoms with E-state index in [4.69, 9.17) is 0 Å². The lowest BCUT2D eigenvalue weighted by Gasteiger charge is -2.16. The molecule has 2 aromatic rings. The van der Waals surface area contributed by atoms with Crippen LogP contribution in [0.15, 0.2) is 18.2 Å². The van der Waals surface area contributed by atoms with E-state index in [1.165, 1.54) is 15.3 Å². The van der Waals surface area contributed by atoms with Crippen molar-refractivity contribution in [3.05, 3.63) is 43.3 Å². The summed E-state index contributed by atoms with van der Waals surface area (Å²) in [7, 11) is 2.15. The molecule has 2 aromatic heterocycles. The second kappa shape index (κ2) is 10.6. The lowest BCUT2D eigenvalue weighted by Crippen LogP contribution is -2.38. The highest BCUT2D eigenvalue weighted by Gasteiger charge is 2.30. The Morgan fingerprint density at radius 2 is 1.87 bits per heavy atom. The molecule has 5 nitrogen and oxygen atoms in total. The molecule has 164 valence electrons. The summed E-state index contributed by atoms with van der Waals surface area (Å²) >= 11 is 3.21. The molecule has 0 bridgehead atoms. The predicted octanol–water partition coefficient (Wildman–Crippen LogP) is 4.07. The van der Waals surface area contributed by atoms with Gasteiger partial charge in [0.05, 0.1) is 9.75 Å². The molecule has 1 fully saturated rings. The van der Waals surface area contributed by atoms with E-state index in [0.717, 1.165) is 48.5 Å². The Morgan fingerprint density at radius 1 is 1.10 bits per heavy atom.